The molecule has 2 aromatic carbocycles. The van der Waals surface area contributed by atoms with Crippen LogP contribution in [0.15, 0.2) is 63.8 Å². The summed E-state index contributed by atoms with van der Waals surface area (Å²) in [4.78, 5) is 166. The van der Waals surface area contributed by atoms with E-state index in [-0.39, 0.29) is 107 Å². The largest absolute Gasteiger partial charge is 0.508 e. The summed E-state index contributed by atoms with van der Waals surface area (Å²) in [5, 5.41) is 31.0. The zero-order chi connectivity index (χ0) is 58.8. The molecule has 8 atom stereocenters. The highest BCUT2D eigenvalue weighted by Gasteiger charge is 2.52. The van der Waals surface area contributed by atoms with Crippen molar-refractivity contribution in [1.29, 1.82) is 0 Å². The summed E-state index contributed by atoms with van der Waals surface area (Å²) in [6.07, 6.45) is 7.08. The smallest absolute Gasteiger partial charge is 0.336 e. The van der Waals surface area contributed by atoms with E-state index in [1.807, 2.05) is 0 Å². The van der Waals surface area contributed by atoms with Crippen molar-refractivity contribution in [2.45, 2.75) is 151 Å². The fraction of sp³-hybridized carbons (Fsp3) is 0.525. The van der Waals surface area contributed by atoms with Gasteiger partial charge in [0.15, 0.2) is 5.43 Å². The van der Waals surface area contributed by atoms with Crippen LogP contribution in [-0.4, -0.2) is 214 Å². The minimum absolute atomic E-state index is 0.0977. The Morgan fingerprint density at radius 2 is 0.774 bits per heavy atom. The molecule has 0 aromatic heterocycles. The van der Waals surface area contributed by atoms with Crippen LogP contribution in [-0.2, 0) is 38.4 Å². The van der Waals surface area contributed by atoms with Gasteiger partial charge in [-0.3, -0.25) is 43.2 Å². The molecule has 2 aromatic rings. The lowest BCUT2D eigenvalue weighted by molar-refractivity contribution is -0.155. The Bertz CT molecular complexity index is 3440. The number of phenolic OH excluding ortho intramolecular Hbond substituents is 1. The van der Waals surface area contributed by atoms with Crippen LogP contribution in [0.25, 0.3) is 33.4 Å². The molecule has 0 radical (unpaired) electrons. The molecule has 0 saturated carbocycles. The average Bonchev–Trinajstić information content (AvgIpc) is 1.85. The molecular weight excluding hydrogens is 1080 g/mol. The van der Waals surface area contributed by atoms with Crippen molar-refractivity contribution in [2.24, 2.45) is 0 Å². The van der Waals surface area contributed by atoms with Crippen LogP contribution in [0.2, 0.25) is 0 Å². The molecule has 8 fully saturated rings. The van der Waals surface area contributed by atoms with Crippen LogP contribution in [0.5, 0.6) is 5.75 Å². The van der Waals surface area contributed by atoms with E-state index < -0.39 is 72.1 Å². The normalized spacial score (nSPS) is 26.1. The third-order valence-corrected chi connectivity index (χ3v) is 19.0. The third kappa shape index (κ3) is 9.84. The molecule has 1 aliphatic carbocycles. The molecule has 12 rings (SSSR count). The number of hydrogen-bond donors (Lipinski definition) is 3. The maximum atomic E-state index is 14.8. The van der Waals surface area contributed by atoms with Crippen LogP contribution in [0.4, 0.5) is 0 Å². The summed E-state index contributed by atoms with van der Waals surface area (Å²) in [6.45, 7) is 2.17. The number of benzene rings is 3. The summed E-state index contributed by atoms with van der Waals surface area (Å²) >= 11 is 0. The first-order valence-corrected chi connectivity index (χ1v) is 29.7. The van der Waals surface area contributed by atoms with E-state index in [9.17, 15) is 68.1 Å². The second kappa shape index (κ2) is 22.7. The quantitative estimate of drug-likeness (QED) is 0.181. The highest BCUT2D eigenvalue weighted by Crippen LogP contribution is 2.43. The zero-order valence-electron chi connectivity index (χ0n) is 46.6. The molecule has 3 N–H and O–H groups in total. The van der Waals surface area contributed by atoms with Crippen molar-refractivity contribution < 1.29 is 67.7 Å². The molecule has 84 heavy (non-hydrogen) atoms. The van der Waals surface area contributed by atoms with Crippen LogP contribution in [0.1, 0.15) is 123 Å². The Balaban J connectivity index is 0.716. The van der Waals surface area contributed by atoms with Crippen molar-refractivity contribution in [3.8, 4) is 28.2 Å². The summed E-state index contributed by atoms with van der Waals surface area (Å²) in [5.41, 5.74) is 0.659. The first-order valence-electron chi connectivity index (χ1n) is 29.7. The lowest BCUT2D eigenvalue weighted by Crippen LogP contribution is -2.59. The van der Waals surface area contributed by atoms with Gasteiger partial charge in [0.25, 0.3) is 5.91 Å². The molecule has 23 nitrogen and oxygen atoms in total. The number of carboxylic acids is 2. The molecule has 0 spiro atoms. The standard InChI is InChI=1S/C61H68N8O15/c70-35-18-21-38-49(32-35)84-50-33-36(71)19-22-39(50)51(38)40-31-34(17-20-37(40)60(80)81)52(72)62-23-1-9-41(62)53(73)63-24-2-10-42(63)54(74)64-25-3-11-43(64)55(75)65-26-4-12-44(65)56(76)66-27-5-13-45(66)57(77)67-28-6-14-46(67)58(78)68-29-7-15-47(68)59(79)69-30-8-16-48(69)61(82)83/h17-22,31-33,41-48,70H,1-16,23-30H2,(H,80,81)(H,82,83)/t41-,42-,43-,44-,45-,46-,47-,48-/m0/s1. The monoisotopic (exact) mass is 1150 g/mol. The Morgan fingerprint density at radius 3 is 1.17 bits per heavy atom. The van der Waals surface area contributed by atoms with Gasteiger partial charge in [-0.2, -0.15) is 0 Å². The molecule has 8 amide bonds. The number of amides is 8. The molecule has 9 heterocycles. The van der Waals surface area contributed by atoms with Gasteiger partial charge in [-0.25, -0.2) is 9.59 Å². The fourth-order valence-corrected chi connectivity index (χ4v) is 15.0. The van der Waals surface area contributed by atoms with Gasteiger partial charge in [-0.05, 0) is 151 Å². The number of aliphatic carboxylic acids is 1. The van der Waals surface area contributed by atoms with Crippen molar-refractivity contribution in [2.75, 3.05) is 52.4 Å². The maximum absolute atomic E-state index is 14.8. The number of carbonyl (C=O) groups is 10. The molecule has 23 heteroatoms. The lowest BCUT2D eigenvalue weighted by Gasteiger charge is -2.37. The van der Waals surface area contributed by atoms with Crippen molar-refractivity contribution >= 4 is 70.2 Å². The number of rotatable bonds is 11. The predicted octanol–water partition coefficient (Wildman–Crippen LogP) is 3.59. The van der Waals surface area contributed by atoms with Crippen molar-refractivity contribution in [3.05, 3.63) is 75.9 Å². The molecule has 10 aliphatic rings. The van der Waals surface area contributed by atoms with Crippen LogP contribution in [0, 0.1) is 0 Å². The van der Waals surface area contributed by atoms with Gasteiger partial charge < -0.3 is 58.9 Å². The Morgan fingerprint density at radius 1 is 0.405 bits per heavy atom. The SMILES string of the molecule is O=C(O)c1ccc(C(=O)N2CCC[C@H]2C(=O)N2CCC[C@H]2C(=O)N2CCC[C@H]2C(=O)N2CCC[C@H]2C(=O)N2CCC[C@H]2C(=O)N2CCC[C@H]2C(=O)N2CCC[C@H]2C(=O)N2CCC[C@H]2C(=O)O)cc1-c1c2ccc(=O)cc-2oc2cc(O)ccc12. The van der Waals surface area contributed by atoms with Gasteiger partial charge in [0.05, 0.1) is 5.56 Å². The molecule has 8 saturated heterocycles. The zero-order valence-corrected chi connectivity index (χ0v) is 46.6. The lowest BCUT2D eigenvalue weighted by atomic mass is 9.89. The summed E-state index contributed by atoms with van der Waals surface area (Å²) in [7, 11) is 0. The number of hydrogen-bond acceptors (Lipinski definition) is 13. The molecule has 0 bridgehead atoms. The van der Waals surface area contributed by atoms with Crippen molar-refractivity contribution in [3.63, 3.8) is 0 Å². The third-order valence-electron chi connectivity index (χ3n) is 19.0. The number of carbonyl (C=O) groups excluding carboxylic acids is 8. The number of aromatic carboxylic acids is 1. The summed E-state index contributed by atoms with van der Waals surface area (Å²) < 4.78 is 5.99. The van der Waals surface area contributed by atoms with Gasteiger partial charge in [-0.15, -0.1) is 0 Å². The minimum Gasteiger partial charge on any atom is -0.508 e. The van der Waals surface area contributed by atoms with E-state index >= 15 is 0 Å². The van der Waals surface area contributed by atoms with E-state index in [1.165, 1.54) is 77.9 Å². The number of nitrogens with zero attached hydrogens (tertiary/aromatic N) is 8. The molecule has 9 aliphatic heterocycles. The molecule has 442 valence electrons. The van der Waals surface area contributed by atoms with Gasteiger partial charge in [0, 0.05) is 86.6 Å². The van der Waals surface area contributed by atoms with Crippen LogP contribution in [0.3, 0.4) is 0 Å². The topological polar surface area (TPSA) is 288 Å². The Hall–Kier alpha value is -8.37. The van der Waals surface area contributed by atoms with E-state index in [0.29, 0.717) is 139 Å². The molecule has 0 unspecified atom stereocenters. The highest BCUT2D eigenvalue weighted by atomic mass is 16.4. The van der Waals surface area contributed by atoms with Gasteiger partial charge in [0.1, 0.15) is 65.4 Å². The van der Waals surface area contributed by atoms with Crippen molar-refractivity contribution in [1.82, 2.24) is 39.2 Å². The number of carboxylic acid groups (broad SMARTS) is 2. The second-order valence-electron chi connectivity index (χ2n) is 23.7. The summed E-state index contributed by atoms with van der Waals surface area (Å²) in [5.74, 6) is -5.51. The van der Waals surface area contributed by atoms with Crippen LogP contribution < -0.4 is 5.43 Å². The Kier molecular flexibility index (Phi) is 15.1. The minimum atomic E-state index is -1.28. The number of aromatic hydroxyl groups is 1. The number of fused-ring (bicyclic) bond motifs is 2. The number of phenols is 1. The van der Waals surface area contributed by atoms with E-state index in [4.69, 9.17) is 4.42 Å². The first-order chi connectivity index (χ1) is 40.5. The summed E-state index contributed by atoms with van der Waals surface area (Å²) in [6, 6.07) is 5.48. The van der Waals surface area contributed by atoms with E-state index in [2.05, 4.69) is 0 Å². The average molecular weight is 1150 g/mol. The maximum Gasteiger partial charge on any atom is 0.336 e. The second-order valence-corrected chi connectivity index (χ2v) is 23.7. The fourth-order valence-electron chi connectivity index (χ4n) is 15.0. The highest BCUT2D eigenvalue weighted by molar-refractivity contribution is 6.10. The first kappa shape index (κ1) is 56.1. The van der Waals surface area contributed by atoms with Crippen LogP contribution >= 0.6 is 0 Å². The van der Waals surface area contributed by atoms with E-state index in [0.717, 1.165) is 0 Å². The predicted molar refractivity (Wildman–Crippen MR) is 298 cm³/mol. The van der Waals surface area contributed by atoms with Gasteiger partial charge in [-0.1, -0.05) is 0 Å². The Labute approximate surface area is 483 Å². The number of likely N-dealkylation sites (tertiary alicyclic amines) is 8. The van der Waals surface area contributed by atoms with Gasteiger partial charge in [0.2, 0.25) is 41.4 Å². The molecular formula is C61H68N8O15. The van der Waals surface area contributed by atoms with E-state index in [1.54, 1.807) is 15.9 Å². The van der Waals surface area contributed by atoms with Gasteiger partial charge >= 0.3 is 11.9 Å².